The summed E-state index contributed by atoms with van der Waals surface area (Å²) in [5.41, 5.74) is -0.412. The average molecular weight is 244 g/mol. The van der Waals surface area contributed by atoms with Gasteiger partial charge in [0.25, 0.3) is 0 Å². The maximum absolute atomic E-state index is 9.99. The number of nitrogens with zero attached hydrogens (tertiary/aromatic N) is 1. The Labute approximate surface area is 99.0 Å². The van der Waals surface area contributed by atoms with E-state index in [1.807, 2.05) is 6.07 Å². The van der Waals surface area contributed by atoms with Gasteiger partial charge in [-0.1, -0.05) is 35.3 Å². The zero-order valence-electron chi connectivity index (χ0n) is 8.46. The fourth-order valence-electron chi connectivity index (χ4n) is 1.18. The third-order valence-electron chi connectivity index (χ3n) is 2.25. The minimum absolute atomic E-state index is 0.301. The van der Waals surface area contributed by atoms with E-state index < -0.39 is 11.5 Å². The van der Waals surface area contributed by atoms with E-state index in [4.69, 9.17) is 28.5 Å². The van der Waals surface area contributed by atoms with Crippen molar-refractivity contribution in [3.63, 3.8) is 0 Å². The van der Waals surface area contributed by atoms with Gasteiger partial charge in [-0.05, 0) is 19.9 Å². The number of hydrogen-bond acceptors (Lipinski definition) is 2. The first-order valence-corrected chi connectivity index (χ1v) is 5.19. The van der Waals surface area contributed by atoms with Gasteiger partial charge in [-0.15, -0.1) is 0 Å². The third-order valence-corrected chi connectivity index (χ3v) is 3.08. The van der Waals surface area contributed by atoms with Gasteiger partial charge in [0.2, 0.25) is 0 Å². The van der Waals surface area contributed by atoms with Crippen LogP contribution >= 0.6 is 23.2 Å². The van der Waals surface area contributed by atoms with E-state index in [1.165, 1.54) is 0 Å². The van der Waals surface area contributed by atoms with Crippen molar-refractivity contribution >= 4 is 23.2 Å². The molecule has 0 spiro atoms. The van der Waals surface area contributed by atoms with Gasteiger partial charge in [0.05, 0.1) is 27.6 Å². The van der Waals surface area contributed by atoms with Crippen molar-refractivity contribution in [1.29, 1.82) is 5.26 Å². The van der Waals surface area contributed by atoms with Gasteiger partial charge in [-0.2, -0.15) is 5.26 Å². The summed E-state index contributed by atoms with van der Waals surface area (Å²) >= 11 is 11.8. The summed E-state index contributed by atoms with van der Waals surface area (Å²) in [5, 5.41) is 19.6. The molecule has 15 heavy (non-hydrogen) atoms. The maximum atomic E-state index is 9.99. The van der Waals surface area contributed by atoms with Crippen molar-refractivity contribution < 1.29 is 5.11 Å². The van der Waals surface area contributed by atoms with Crippen molar-refractivity contribution in [3.05, 3.63) is 33.8 Å². The number of benzene rings is 1. The molecule has 0 aliphatic rings. The molecule has 0 aliphatic heterocycles. The molecular weight excluding hydrogens is 233 g/mol. The number of aliphatic hydroxyl groups is 1. The Kier molecular flexibility index (Phi) is 3.62. The first kappa shape index (κ1) is 12.3. The highest BCUT2D eigenvalue weighted by Gasteiger charge is 2.30. The Morgan fingerprint density at radius 1 is 1.40 bits per heavy atom. The first-order valence-electron chi connectivity index (χ1n) is 4.43. The molecule has 0 bridgehead atoms. The van der Waals surface area contributed by atoms with E-state index in [9.17, 15) is 5.11 Å². The summed E-state index contributed by atoms with van der Waals surface area (Å²) in [7, 11) is 0. The van der Waals surface area contributed by atoms with Crippen molar-refractivity contribution in [1.82, 2.24) is 0 Å². The summed E-state index contributed by atoms with van der Waals surface area (Å²) in [6.07, 6.45) is -0.950. The molecule has 0 heterocycles. The van der Waals surface area contributed by atoms with Gasteiger partial charge < -0.3 is 5.11 Å². The summed E-state index contributed by atoms with van der Waals surface area (Å²) in [6.45, 7) is 3.30. The number of nitriles is 1. The highest BCUT2D eigenvalue weighted by molar-refractivity contribution is 6.42. The van der Waals surface area contributed by atoms with Crippen LogP contribution in [0.4, 0.5) is 0 Å². The number of aliphatic hydroxyl groups excluding tert-OH is 1. The van der Waals surface area contributed by atoms with E-state index in [2.05, 4.69) is 0 Å². The molecule has 0 fully saturated rings. The fraction of sp³-hybridized carbons (Fsp3) is 0.364. The van der Waals surface area contributed by atoms with Crippen LogP contribution in [0, 0.1) is 16.7 Å². The van der Waals surface area contributed by atoms with Crippen LogP contribution in [-0.2, 0) is 0 Å². The SMILES string of the molecule is CC(C)(C#N)C(O)c1cccc(Cl)c1Cl. The zero-order chi connectivity index (χ0) is 11.6. The summed E-state index contributed by atoms with van der Waals surface area (Å²) < 4.78 is 0. The second-order valence-electron chi connectivity index (χ2n) is 3.88. The number of rotatable bonds is 2. The highest BCUT2D eigenvalue weighted by Crippen LogP contribution is 2.38. The molecule has 0 saturated heterocycles. The number of hydrogen-bond donors (Lipinski definition) is 1. The molecule has 1 aromatic rings. The lowest BCUT2D eigenvalue weighted by molar-refractivity contribution is 0.0869. The Morgan fingerprint density at radius 3 is 2.53 bits per heavy atom. The molecule has 2 nitrogen and oxygen atoms in total. The quantitative estimate of drug-likeness (QED) is 0.864. The molecule has 0 aromatic heterocycles. The van der Waals surface area contributed by atoms with E-state index >= 15 is 0 Å². The lowest BCUT2D eigenvalue weighted by atomic mass is 9.84. The standard InChI is InChI=1S/C11H11Cl2NO/c1-11(2,6-14)10(15)7-4-3-5-8(12)9(7)13/h3-5,10,15H,1-2H3. The second kappa shape index (κ2) is 4.40. The number of halogens is 2. The molecule has 1 N–H and O–H groups in total. The molecule has 1 rings (SSSR count). The van der Waals surface area contributed by atoms with Crippen molar-refractivity contribution in [3.8, 4) is 6.07 Å². The average Bonchev–Trinajstić information content (AvgIpc) is 2.21. The third kappa shape index (κ3) is 2.43. The molecule has 1 aromatic carbocycles. The summed E-state index contributed by atoms with van der Waals surface area (Å²) in [6, 6.07) is 7.03. The van der Waals surface area contributed by atoms with Crippen LogP contribution in [0.25, 0.3) is 0 Å². The summed E-state index contributed by atoms with van der Waals surface area (Å²) in [5.74, 6) is 0. The zero-order valence-corrected chi connectivity index (χ0v) is 9.97. The normalized spacial score (nSPS) is 13.3. The lowest BCUT2D eigenvalue weighted by Gasteiger charge is -2.24. The first-order chi connectivity index (χ1) is 6.90. The molecule has 0 saturated carbocycles. The van der Waals surface area contributed by atoms with Gasteiger partial charge in [-0.25, -0.2) is 0 Å². The van der Waals surface area contributed by atoms with E-state index in [1.54, 1.807) is 32.0 Å². The second-order valence-corrected chi connectivity index (χ2v) is 4.66. The largest absolute Gasteiger partial charge is 0.387 e. The molecule has 0 amide bonds. The monoisotopic (exact) mass is 243 g/mol. The molecule has 1 atom stereocenters. The lowest BCUT2D eigenvalue weighted by Crippen LogP contribution is -2.20. The van der Waals surface area contributed by atoms with Crippen LogP contribution in [0.2, 0.25) is 10.0 Å². The molecule has 1 unspecified atom stereocenters. The minimum Gasteiger partial charge on any atom is -0.387 e. The highest BCUT2D eigenvalue weighted by atomic mass is 35.5. The van der Waals surface area contributed by atoms with Crippen LogP contribution in [0.1, 0.15) is 25.5 Å². The smallest absolute Gasteiger partial charge is 0.0985 e. The topological polar surface area (TPSA) is 44.0 Å². The fourth-order valence-corrected chi connectivity index (χ4v) is 1.59. The van der Waals surface area contributed by atoms with Gasteiger partial charge in [-0.3, -0.25) is 0 Å². The van der Waals surface area contributed by atoms with Gasteiger partial charge >= 0.3 is 0 Å². The molecule has 0 radical (unpaired) electrons. The van der Waals surface area contributed by atoms with Gasteiger partial charge in [0, 0.05) is 5.56 Å². The Hall–Kier alpha value is -0.750. The molecule has 0 aliphatic carbocycles. The Balaban J connectivity index is 3.19. The Bertz CT molecular complexity index is 410. The minimum atomic E-state index is -0.950. The van der Waals surface area contributed by atoms with Crippen LogP contribution in [0.15, 0.2) is 18.2 Å². The predicted octanol–water partition coefficient (Wildman–Crippen LogP) is 3.58. The van der Waals surface area contributed by atoms with E-state index in [0.717, 1.165) is 0 Å². The summed E-state index contributed by atoms with van der Waals surface area (Å²) in [4.78, 5) is 0. The van der Waals surface area contributed by atoms with Gasteiger partial charge in [0.1, 0.15) is 0 Å². The molecular formula is C11H11Cl2NO. The maximum Gasteiger partial charge on any atom is 0.0985 e. The van der Waals surface area contributed by atoms with E-state index in [-0.39, 0.29) is 0 Å². The predicted molar refractivity (Wildman–Crippen MR) is 60.8 cm³/mol. The molecule has 4 heteroatoms. The van der Waals surface area contributed by atoms with Crippen molar-refractivity contribution in [2.75, 3.05) is 0 Å². The van der Waals surface area contributed by atoms with Crippen LogP contribution in [0.5, 0.6) is 0 Å². The van der Waals surface area contributed by atoms with Crippen LogP contribution in [-0.4, -0.2) is 5.11 Å². The van der Waals surface area contributed by atoms with Crippen LogP contribution in [0.3, 0.4) is 0 Å². The van der Waals surface area contributed by atoms with Crippen molar-refractivity contribution in [2.24, 2.45) is 5.41 Å². The molecule has 80 valence electrons. The Morgan fingerprint density at radius 2 is 2.00 bits per heavy atom. The van der Waals surface area contributed by atoms with E-state index in [0.29, 0.717) is 15.6 Å². The van der Waals surface area contributed by atoms with Gasteiger partial charge in [0.15, 0.2) is 0 Å². The van der Waals surface area contributed by atoms with Crippen LogP contribution < -0.4 is 0 Å². The van der Waals surface area contributed by atoms with Crippen molar-refractivity contribution in [2.45, 2.75) is 20.0 Å².